The fourth-order valence-electron chi connectivity index (χ4n) is 3.82. The largest absolute Gasteiger partial charge is 0.356 e. The lowest BCUT2D eigenvalue weighted by atomic mass is 9.90. The Bertz CT molecular complexity index is 1050. The van der Waals surface area contributed by atoms with Gasteiger partial charge in [0.2, 0.25) is 0 Å². The fourth-order valence-corrected chi connectivity index (χ4v) is 3.82. The second-order valence-electron chi connectivity index (χ2n) is 7.53. The molecule has 1 aromatic heterocycles. The highest BCUT2D eigenvalue weighted by atomic mass is 16.1. The molecule has 6 nitrogen and oxygen atoms in total. The summed E-state index contributed by atoms with van der Waals surface area (Å²) < 4.78 is 0. The summed E-state index contributed by atoms with van der Waals surface area (Å²) >= 11 is 0. The van der Waals surface area contributed by atoms with Crippen LogP contribution in [-0.2, 0) is 6.42 Å². The normalized spacial score (nSPS) is 14.2. The van der Waals surface area contributed by atoms with Crippen LogP contribution in [0.4, 0.5) is 11.5 Å². The molecule has 0 aliphatic carbocycles. The number of benzene rings is 2. The van der Waals surface area contributed by atoms with Crippen molar-refractivity contribution in [2.24, 2.45) is 5.92 Å². The van der Waals surface area contributed by atoms with Crippen molar-refractivity contribution in [3.05, 3.63) is 83.8 Å². The van der Waals surface area contributed by atoms with E-state index >= 15 is 0 Å². The number of aromatic nitrogens is 2. The van der Waals surface area contributed by atoms with Gasteiger partial charge >= 0.3 is 0 Å². The average molecular weight is 397 g/mol. The van der Waals surface area contributed by atoms with Gasteiger partial charge in [0.25, 0.3) is 5.91 Å². The molecule has 0 atom stereocenters. The number of rotatable bonds is 5. The lowest BCUT2D eigenvalue weighted by Gasteiger charge is -2.33. The highest BCUT2D eigenvalue weighted by Crippen LogP contribution is 2.25. The van der Waals surface area contributed by atoms with Crippen molar-refractivity contribution in [1.82, 2.24) is 9.97 Å². The number of nitriles is 1. The Morgan fingerprint density at radius 2 is 1.87 bits per heavy atom. The predicted octanol–water partition coefficient (Wildman–Crippen LogP) is 4.06. The van der Waals surface area contributed by atoms with E-state index in [0.29, 0.717) is 22.9 Å². The third-order valence-corrected chi connectivity index (χ3v) is 5.44. The van der Waals surface area contributed by atoms with Crippen LogP contribution in [0.5, 0.6) is 0 Å². The quantitative estimate of drug-likeness (QED) is 0.702. The van der Waals surface area contributed by atoms with E-state index < -0.39 is 0 Å². The maximum atomic E-state index is 12.6. The molecular weight excluding hydrogens is 374 g/mol. The number of amides is 1. The minimum Gasteiger partial charge on any atom is -0.356 e. The van der Waals surface area contributed by atoms with Crippen LogP contribution in [0.15, 0.2) is 67.0 Å². The third kappa shape index (κ3) is 4.81. The van der Waals surface area contributed by atoms with Crippen LogP contribution >= 0.6 is 0 Å². The van der Waals surface area contributed by atoms with E-state index in [-0.39, 0.29) is 5.91 Å². The summed E-state index contributed by atoms with van der Waals surface area (Å²) in [5.74, 6) is 1.13. The Labute approximate surface area is 176 Å². The third-order valence-electron chi connectivity index (χ3n) is 5.44. The van der Waals surface area contributed by atoms with Crippen molar-refractivity contribution >= 4 is 17.4 Å². The van der Waals surface area contributed by atoms with Crippen LogP contribution in [0.2, 0.25) is 0 Å². The molecule has 1 saturated heterocycles. The Morgan fingerprint density at radius 3 is 2.63 bits per heavy atom. The van der Waals surface area contributed by atoms with Gasteiger partial charge in [0.05, 0.1) is 11.6 Å². The van der Waals surface area contributed by atoms with E-state index in [9.17, 15) is 4.79 Å². The summed E-state index contributed by atoms with van der Waals surface area (Å²) in [6, 6.07) is 21.2. The monoisotopic (exact) mass is 397 g/mol. The van der Waals surface area contributed by atoms with Crippen LogP contribution in [-0.4, -0.2) is 29.0 Å². The summed E-state index contributed by atoms with van der Waals surface area (Å²) in [6.45, 7) is 1.83. The molecule has 1 aliphatic rings. The second kappa shape index (κ2) is 9.19. The number of carbonyl (C=O) groups is 1. The summed E-state index contributed by atoms with van der Waals surface area (Å²) in [7, 11) is 0. The highest BCUT2D eigenvalue weighted by Gasteiger charge is 2.21. The second-order valence-corrected chi connectivity index (χ2v) is 7.53. The number of carbonyl (C=O) groups excluding carboxylic acids is 1. The SMILES string of the molecule is N#Cc1cccc(NC(=O)c2cc(N3CCC(Cc4ccccc4)CC3)ncn2)c1. The van der Waals surface area contributed by atoms with Crippen molar-refractivity contribution < 1.29 is 4.79 Å². The first-order valence-corrected chi connectivity index (χ1v) is 10.1. The molecule has 2 aromatic carbocycles. The Kier molecular flexibility index (Phi) is 6.00. The Hall–Kier alpha value is -3.72. The molecule has 1 fully saturated rings. The fraction of sp³-hybridized carbons (Fsp3) is 0.250. The lowest BCUT2D eigenvalue weighted by Crippen LogP contribution is -2.35. The topological polar surface area (TPSA) is 81.9 Å². The molecule has 1 N–H and O–H groups in total. The number of hydrogen-bond acceptors (Lipinski definition) is 5. The molecule has 0 unspecified atom stereocenters. The smallest absolute Gasteiger partial charge is 0.274 e. The van der Waals surface area contributed by atoms with Crippen LogP contribution in [0.25, 0.3) is 0 Å². The molecule has 30 heavy (non-hydrogen) atoms. The molecule has 2 heterocycles. The van der Waals surface area contributed by atoms with E-state index in [1.165, 1.54) is 11.9 Å². The maximum Gasteiger partial charge on any atom is 0.274 e. The zero-order valence-electron chi connectivity index (χ0n) is 16.7. The molecule has 150 valence electrons. The van der Waals surface area contributed by atoms with E-state index in [2.05, 4.69) is 56.6 Å². The summed E-state index contributed by atoms with van der Waals surface area (Å²) in [5.41, 5.74) is 2.77. The molecule has 6 heteroatoms. The minimum atomic E-state index is -0.312. The summed E-state index contributed by atoms with van der Waals surface area (Å²) in [6.07, 6.45) is 4.74. The van der Waals surface area contributed by atoms with Crippen LogP contribution in [0.1, 0.15) is 34.5 Å². The van der Waals surface area contributed by atoms with Gasteiger partial charge in [-0.25, -0.2) is 9.97 Å². The first kappa shape index (κ1) is 19.6. The lowest BCUT2D eigenvalue weighted by molar-refractivity contribution is 0.102. The molecule has 4 rings (SSSR count). The van der Waals surface area contributed by atoms with Crippen molar-refractivity contribution in [2.75, 3.05) is 23.3 Å². The van der Waals surface area contributed by atoms with Gasteiger partial charge in [0.15, 0.2) is 0 Å². The molecule has 3 aromatic rings. The van der Waals surface area contributed by atoms with Gasteiger partial charge in [0.1, 0.15) is 17.8 Å². The first-order chi connectivity index (χ1) is 14.7. The molecule has 0 saturated carbocycles. The molecule has 0 radical (unpaired) electrons. The van der Waals surface area contributed by atoms with Gasteiger partial charge in [0, 0.05) is 24.8 Å². The zero-order chi connectivity index (χ0) is 20.8. The van der Waals surface area contributed by atoms with Gasteiger partial charge in [-0.05, 0) is 48.9 Å². The average Bonchev–Trinajstić information content (AvgIpc) is 2.80. The van der Waals surface area contributed by atoms with Crippen LogP contribution in [0, 0.1) is 17.2 Å². The molecule has 1 amide bonds. The van der Waals surface area contributed by atoms with Crippen molar-refractivity contribution in [3.8, 4) is 6.07 Å². The van der Waals surface area contributed by atoms with E-state index in [4.69, 9.17) is 5.26 Å². The Morgan fingerprint density at radius 1 is 1.07 bits per heavy atom. The zero-order valence-corrected chi connectivity index (χ0v) is 16.7. The molecule has 0 spiro atoms. The number of hydrogen-bond donors (Lipinski definition) is 1. The number of piperidine rings is 1. The number of anilines is 2. The maximum absolute atomic E-state index is 12.6. The molecular formula is C24H23N5O. The van der Waals surface area contributed by atoms with E-state index in [1.807, 2.05) is 0 Å². The first-order valence-electron chi connectivity index (χ1n) is 10.1. The molecule has 1 aliphatic heterocycles. The van der Waals surface area contributed by atoms with Crippen molar-refractivity contribution in [1.29, 1.82) is 5.26 Å². The van der Waals surface area contributed by atoms with E-state index in [0.717, 1.165) is 38.2 Å². The van der Waals surface area contributed by atoms with Gasteiger partial charge in [-0.15, -0.1) is 0 Å². The van der Waals surface area contributed by atoms with Gasteiger partial charge in [-0.1, -0.05) is 36.4 Å². The van der Waals surface area contributed by atoms with Crippen molar-refractivity contribution in [2.45, 2.75) is 19.3 Å². The highest BCUT2D eigenvalue weighted by molar-refractivity contribution is 6.03. The number of nitrogens with one attached hydrogen (secondary N) is 1. The summed E-state index contributed by atoms with van der Waals surface area (Å²) in [5, 5.41) is 11.8. The van der Waals surface area contributed by atoms with Crippen LogP contribution in [0.3, 0.4) is 0 Å². The van der Waals surface area contributed by atoms with Gasteiger partial charge in [-0.3, -0.25) is 4.79 Å². The van der Waals surface area contributed by atoms with Crippen LogP contribution < -0.4 is 10.2 Å². The summed E-state index contributed by atoms with van der Waals surface area (Å²) in [4.78, 5) is 23.3. The van der Waals surface area contributed by atoms with Crippen molar-refractivity contribution in [3.63, 3.8) is 0 Å². The number of nitrogens with zero attached hydrogens (tertiary/aromatic N) is 4. The Balaban J connectivity index is 1.37. The standard InChI is InChI=1S/C24H23N5O/c25-16-20-7-4-8-21(14-20)28-24(30)22-15-23(27-17-26-22)29-11-9-19(10-12-29)13-18-5-2-1-3-6-18/h1-8,14-15,17,19H,9-13H2,(H,28,30). The molecule has 0 bridgehead atoms. The predicted molar refractivity (Wildman–Crippen MR) is 116 cm³/mol. The van der Waals surface area contributed by atoms with Gasteiger partial charge in [-0.2, -0.15) is 5.26 Å². The minimum absolute atomic E-state index is 0.312. The van der Waals surface area contributed by atoms with Gasteiger partial charge < -0.3 is 10.2 Å². The van der Waals surface area contributed by atoms with E-state index in [1.54, 1.807) is 30.3 Å².